The van der Waals surface area contributed by atoms with Gasteiger partial charge in [-0.2, -0.15) is 22.2 Å². The van der Waals surface area contributed by atoms with E-state index in [2.05, 4.69) is 0 Å². The van der Waals surface area contributed by atoms with Crippen molar-refractivity contribution in [3.8, 4) is 0 Å². The van der Waals surface area contributed by atoms with Crippen molar-refractivity contribution >= 4 is 68.8 Å². The Morgan fingerprint density at radius 2 is 1.55 bits per heavy atom. The van der Waals surface area contributed by atoms with Crippen molar-refractivity contribution in [1.82, 2.24) is 0 Å². The number of hydrogen-bond acceptors (Lipinski definition) is 4. The standard InChI is InChI=1S/C11H17Cl5O4Si2/c1-17-10(3-6-19-11(10)4-7-20-11)9(2-5-18-9)8(21(12)13)22(14,15)16/h8,21H,2-7H2,1H3/t8-,9-,10+,11-/m1/s1. The van der Waals surface area contributed by atoms with Gasteiger partial charge in [-0.15, -0.1) is 33.2 Å². The van der Waals surface area contributed by atoms with Crippen molar-refractivity contribution in [2.24, 2.45) is 0 Å². The Morgan fingerprint density at radius 1 is 1.00 bits per heavy atom. The van der Waals surface area contributed by atoms with Gasteiger partial charge in [0.1, 0.15) is 5.60 Å². The Kier molecular flexibility index (Phi) is 5.18. The maximum absolute atomic E-state index is 6.36. The molecule has 0 unspecified atom stereocenters. The summed E-state index contributed by atoms with van der Waals surface area (Å²) in [5.41, 5.74) is -1.69. The summed E-state index contributed by atoms with van der Waals surface area (Å²) in [6.07, 6.45) is 1.99. The summed E-state index contributed by atoms with van der Waals surface area (Å²) in [5.74, 6) is -0.845. The Hall–Kier alpha value is 1.72. The molecule has 3 saturated heterocycles. The molecule has 128 valence electrons. The molecular weight excluding hydrogens is 430 g/mol. The molecule has 3 aliphatic rings. The second-order valence-electron chi connectivity index (χ2n) is 5.82. The lowest BCUT2D eigenvalue weighted by Gasteiger charge is -2.63. The zero-order valence-electron chi connectivity index (χ0n) is 11.9. The number of halogens is 5. The van der Waals surface area contributed by atoms with Gasteiger partial charge in [0.05, 0.1) is 19.8 Å². The largest absolute Gasteiger partial charge is 0.372 e. The Labute approximate surface area is 155 Å². The zero-order valence-corrected chi connectivity index (χ0v) is 17.9. The molecule has 3 aliphatic heterocycles. The summed E-state index contributed by atoms with van der Waals surface area (Å²) in [4.78, 5) is 0. The molecule has 0 aromatic rings. The van der Waals surface area contributed by atoms with Gasteiger partial charge in [0.25, 0.3) is 0 Å². The molecule has 0 aromatic heterocycles. The van der Waals surface area contributed by atoms with E-state index < -0.39 is 35.6 Å². The highest BCUT2D eigenvalue weighted by Crippen LogP contribution is 2.64. The van der Waals surface area contributed by atoms with E-state index in [4.69, 9.17) is 74.3 Å². The van der Waals surface area contributed by atoms with Crippen LogP contribution in [-0.2, 0) is 18.9 Å². The first kappa shape index (κ1) is 18.5. The molecule has 11 heteroatoms. The van der Waals surface area contributed by atoms with E-state index in [9.17, 15) is 0 Å². The lowest BCUT2D eigenvalue weighted by atomic mass is 9.69. The molecule has 0 N–H and O–H groups in total. The van der Waals surface area contributed by atoms with Crippen LogP contribution in [-0.4, -0.2) is 57.3 Å². The molecule has 4 nitrogen and oxygen atoms in total. The monoisotopic (exact) mass is 444 g/mol. The van der Waals surface area contributed by atoms with Gasteiger partial charge in [-0.25, -0.2) is 0 Å². The first-order valence-electron chi connectivity index (χ1n) is 7.07. The average Bonchev–Trinajstić information content (AvgIpc) is 2.71. The fraction of sp³-hybridized carbons (Fsp3) is 1.00. The number of hydrogen-bond donors (Lipinski definition) is 0. The molecule has 0 bridgehead atoms. The van der Waals surface area contributed by atoms with Crippen LogP contribution in [0.15, 0.2) is 0 Å². The maximum atomic E-state index is 6.36. The van der Waals surface area contributed by atoms with Crippen molar-refractivity contribution in [2.45, 2.75) is 41.4 Å². The van der Waals surface area contributed by atoms with Gasteiger partial charge in [-0.1, -0.05) is 0 Å². The quantitative estimate of drug-likeness (QED) is 0.480. The first-order valence-corrected chi connectivity index (χ1v) is 16.3. The second-order valence-corrected chi connectivity index (χ2v) is 20.1. The van der Waals surface area contributed by atoms with Crippen LogP contribution in [0.5, 0.6) is 0 Å². The van der Waals surface area contributed by atoms with Crippen molar-refractivity contribution in [1.29, 1.82) is 0 Å². The summed E-state index contributed by atoms with van der Waals surface area (Å²) in [6.45, 7) is 1.67. The van der Waals surface area contributed by atoms with Crippen LogP contribution in [0.4, 0.5) is 0 Å². The van der Waals surface area contributed by atoms with Crippen LogP contribution in [0.2, 0.25) is 5.16 Å². The molecule has 0 amide bonds. The van der Waals surface area contributed by atoms with Crippen molar-refractivity contribution < 1.29 is 18.9 Å². The minimum absolute atomic E-state index is 0.504. The van der Waals surface area contributed by atoms with Crippen molar-refractivity contribution in [2.75, 3.05) is 26.9 Å². The van der Waals surface area contributed by atoms with Crippen molar-refractivity contribution in [3.63, 3.8) is 0 Å². The predicted molar refractivity (Wildman–Crippen MR) is 92.8 cm³/mol. The summed E-state index contributed by atoms with van der Waals surface area (Å²) in [6, 6.07) is -3.24. The molecule has 22 heavy (non-hydrogen) atoms. The number of methoxy groups -OCH3 is 1. The summed E-state index contributed by atoms with van der Waals surface area (Å²) in [5, 5.41) is -0.509. The van der Waals surface area contributed by atoms with Gasteiger partial charge < -0.3 is 18.9 Å². The molecule has 3 heterocycles. The van der Waals surface area contributed by atoms with E-state index in [1.165, 1.54) is 0 Å². The van der Waals surface area contributed by atoms with Crippen LogP contribution < -0.4 is 0 Å². The summed E-state index contributed by atoms with van der Waals surface area (Å²) >= 11 is 31.8. The van der Waals surface area contributed by atoms with E-state index in [0.717, 1.165) is 6.42 Å². The Balaban J connectivity index is 2.08. The number of rotatable bonds is 5. The summed E-state index contributed by atoms with van der Waals surface area (Å²) < 4.78 is 23.7. The minimum atomic E-state index is -3.24. The third-order valence-electron chi connectivity index (χ3n) is 5.14. The average molecular weight is 447 g/mol. The fourth-order valence-corrected chi connectivity index (χ4v) is 20.3. The third-order valence-corrected chi connectivity index (χ3v) is 16.7. The fourth-order valence-electron chi connectivity index (χ4n) is 4.10. The lowest BCUT2D eigenvalue weighted by Crippen LogP contribution is -2.77. The van der Waals surface area contributed by atoms with Crippen LogP contribution in [0, 0.1) is 0 Å². The minimum Gasteiger partial charge on any atom is -0.372 e. The molecule has 0 saturated carbocycles. The van der Waals surface area contributed by atoms with Crippen LogP contribution in [0.1, 0.15) is 19.3 Å². The van der Waals surface area contributed by atoms with Gasteiger partial charge >= 0.3 is 6.00 Å². The Bertz CT molecular complexity index is 441. The van der Waals surface area contributed by atoms with E-state index in [1.54, 1.807) is 7.11 Å². The highest BCUT2D eigenvalue weighted by atomic mass is 35.8. The molecule has 4 atom stereocenters. The molecule has 1 spiro atoms. The van der Waals surface area contributed by atoms with Crippen LogP contribution >= 0.6 is 55.4 Å². The highest BCUT2D eigenvalue weighted by Gasteiger charge is 2.78. The zero-order chi connectivity index (χ0) is 16.2. The lowest BCUT2D eigenvalue weighted by molar-refractivity contribution is -0.397. The molecule has 0 radical (unpaired) electrons. The van der Waals surface area contributed by atoms with E-state index >= 15 is 0 Å². The van der Waals surface area contributed by atoms with E-state index in [1.807, 2.05) is 0 Å². The molecule has 3 fully saturated rings. The third kappa shape index (κ3) is 2.37. The second kappa shape index (κ2) is 6.16. The van der Waals surface area contributed by atoms with Crippen molar-refractivity contribution in [3.05, 3.63) is 0 Å². The van der Waals surface area contributed by atoms with Gasteiger partial charge in [0.15, 0.2) is 5.60 Å². The van der Waals surface area contributed by atoms with Gasteiger partial charge in [-0.3, -0.25) is 0 Å². The van der Waals surface area contributed by atoms with E-state index in [0.29, 0.717) is 32.7 Å². The smallest absolute Gasteiger partial charge is 0.346 e. The van der Waals surface area contributed by atoms with E-state index in [-0.39, 0.29) is 0 Å². The summed E-state index contributed by atoms with van der Waals surface area (Å²) in [7, 11) is -0.744. The molecular formula is C11H17Cl5O4Si2. The molecule has 0 aromatic carbocycles. The highest BCUT2D eigenvalue weighted by molar-refractivity contribution is 7.68. The SMILES string of the molecule is CO[C@]1([C@]2([C@H]([SiH](Cl)Cl)[Si](Cl)(Cl)Cl)CCO2)CCO[C@@]12CCO2. The van der Waals surface area contributed by atoms with Crippen LogP contribution in [0.3, 0.4) is 0 Å². The maximum Gasteiger partial charge on any atom is 0.346 e. The van der Waals surface area contributed by atoms with Gasteiger partial charge in [-0.05, 0) is 0 Å². The predicted octanol–water partition coefficient (Wildman–Crippen LogP) is 3.33. The first-order chi connectivity index (χ1) is 10.2. The topological polar surface area (TPSA) is 36.9 Å². The number of ether oxygens (including phenoxy) is 4. The van der Waals surface area contributed by atoms with Gasteiger partial charge in [0, 0.05) is 31.5 Å². The molecule has 0 aliphatic carbocycles. The van der Waals surface area contributed by atoms with Gasteiger partial charge in [0.2, 0.25) is 13.2 Å². The van der Waals surface area contributed by atoms with Crippen LogP contribution in [0.25, 0.3) is 0 Å². The Morgan fingerprint density at radius 3 is 1.86 bits per heavy atom. The normalized spacial score (nSPS) is 43.2. The molecule has 3 rings (SSSR count).